The molecule has 2 aromatic carbocycles. The minimum absolute atomic E-state index is 0.172. The fourth-order valence-electron chi connectivity index (χ4n) is 4.52. The summed E-state index contributed by atoms with van der Waals surface area (Å²) in [5, 5.41) is 26.6. The number of aromatic nitrogens is 2. The Morgan fingerprint density at radius 3 is 2.14 bits per heavy atom. The van der Waals surface area contributed by atoms with Crippen molar-refractivity contribution in [1.29, 1.82) is 0 Å². The predicted octanol–water partition coefficient (Wildman–Crippen LogP) is 0.884. The van der Waals surface area contributed by atoms with Gasteiger partial charge in [-0.3, -0.25) is 9.36 Å². The Labute approximate surface area is 206 Å². The summed E-state index contributed by atoms with van der Waals surface area (Å²) in [4.78, 5) is 38.0. The monoisotopic (exact) mass is 491 g/mol. The fraction of sp³-hybridized carbons (Fsp3) is 0.296. The third-order valence-electron chi connectivity index (χ3n) is 6.49. The Morgan fingerprint density at radius 1 is 0.889 bits per heavy atom. The number of hydrogen-bond acceptors (Lipinski definition) is 6. The van der Waals surface area contributed by atoms with Crippen molar-refractivity contribution in [2.24, 2.45) is 14.1 Å². The van der Waals surface area contributed by atoms with Crippen molar-refractivity contribution >= 4 is 11.0 Å². The quantitative estimate of drug-likeness (QED) is 0.409. The van der Waals surface area contributed by atoms with E-state index in [0.29, 0.717) is 5.56 Å². The number of nitrogens with two attached hydrogens (primary N) is 1. The molecular formula is C27H29N3O6. The minimum Gasteiger partial charge on any atom is -0.860 e. The third-order valence-corrected chi connectivity index (χ3v) is 6.49. The number of para-hydroxylation sites is 1. The normalized spacial score (nSPS) is 14.2. The summed E-state index contributed by atoms with van der Waals surface area (Å²) in [6, 6.07) is 14.8. The largest absolute Gasteiger partial charge is 0.860 e. The van der Waals surface area contributed by atoms with Crippen LogP contribution in [0.1, 0.15) is 41.9 Å². The lowest BCUT2D eigenvalue weighted by atomic mass is 9.85. The summed E-state index contributed by atoms with van der Waals surface area (Å²) in [7, 11) is 2.50. The van der Waals surface area contributed by atoms with E-state index in [-0.39, 0.29) is 27.8 Å². The molecule has 9 nitrogen and oxygen atoms in total. The van der Waals surface area contributed by atoms with Crippen LogP contribution in [0.3, 0.4) is 0 Å². The van der Waals surface area contributed by atoms with Crippen LogP contribution in [0.25, 0.3) is 11.0 Å². The topological polar surface area (TPSA) is 134 Å². The number of rotatable bonds is 3. The molecule has 36 heavy (non-hydrogen) atoms. The molecule has 1 atom stereocenters. The molecule has 0 amide bonds. The summed E-state index contributed by atoms with van der Waals surface area (Å²) in [5.41, 5.74) is -2.49. The number of benzene rings is 2. The van der Waals surface area contributed by atoms with Gasteiger partial charge in [0.25, 0.3) is 5.56 Å². The summed E-state index contributed by atoms with van der Waals surface area (Å²) < 4.78 is 6.96. The van der Waals surface area contributed by atoms with Crippen molar-refractivity contribution in [3.05, 3.63) is 103 Å². The highest BCUT2D eigenvalue weighted by atomic mass is 16.4. The van der Waals surface area contributed by atoms with Crippen LogP contribution in [0.4, 0.5) is 0 Å². The summed E-state index contributed by atoms with van der Waals surface area (Å²) in [5.74, 6) is -2.46. The molecule has 0 radical (unpaired) electrons. The molecule has 0 bridgehead atoms. The molecular weight excluding hydrogens is 462 g/mol. The van der Waals surface area contributed by atoms with Crippen LogP contribution in [-0.4, -0.2) is 27.3 Å². The van der Waals surface area contributed by atoms with Crippen molar-refractivity contribution < 1.29 is 19.9 Å². The maximum atomic E-state index is 13.0. The number of hydrogen-bond donors (Lipinski definition) is 2. The highest BCUT2D eigenvalue weighted by molar-refractivity contribution is 5.84. The molecule has 0 saturated carbocycles. The molecule has 1 aliphatic heterocycles. The standard InChI is InChI=1S/C22H18N2O6.C5H11N/c1-23-19(26)17(20(27)24(2)22(23)29)15(12-8-4-3-5-9-12)16-18(25)13-10-6-7-11-14(13)30-21(16)28;1-2-4-6-5-3-1/h3-11,15,25-26H,1-2H3;6H,1-5H2. The Bertz CT molecular complexity index is 1540. The van der Waals surface area contributed by atoms with E-state index in [1.807, 2.05) is 0 Å². The smallest absolute Gasteiger partial charge is 0.344 e. The lowest BCUT2D eigenvalue weighted by molar-refractivity contribution is -0.662. The van der Waals surface area contributed by atoms with Crippen molar-refractivity contribution in [1.82, 2.24) is 9.13 Å². The number of piperidine rings is 1. The van der Waals surface area contributed by atoms with E-state index < -0.39 is 28.7 Å². The first kappa shape index (κ1) is 25.0. The highest BCUT2D eigenvalue weighted by Crippen LogP contribution is 2.38. The van der Waals surface area contributed by atoms with Crippen LogP contribution >= 0.6 is 0 Å². The molecule has 3 heterocycles. The third kappa shape index (κ3) is 4.70. The van der Waals surface area contributed by atoms with Gasteiger partial charge in [0.1, 0.15) is 11.3 Å². The Hall–Kier alpha value is -4.11. The number of nitrogens with zero attached hydrogens (tertiary/aromatic N) is 2. The van der Waals surface area contributed by atoms with Crippen LogP contribution < -0.4 is 27.3 Å². The van der Waals surface area contributed by atoms with E-state index in [9.17, 15) is 24.6 Å². The molecule has 5 rings (SSSR count). The Kier molecular flexibility index (Phi) is 7.40. The molecule has 0 aliphatic carbocycles. The van der Waals surface area contributed by atoms with Crippen molar-refractivity contribution in [2.45, 2.75) is 25.2 Å². The predicted molar refractivity (Wildman–Crippen MR) is 133 cm³/mol. The van der Waals surface area contributed by atoms with Crippen molar-refractivity contribution in [3.63, 3.8) is 0 Å². The molecule has 1 aliphatic rings. The van der Waals surface area contributed by atoms with Gasteiger partial charge in [0.2, 0.25) is 0 Å². The van der Waals surface area contributed by atoms with Gasteiger partial charge in [0.05, 0.1) is 30.0 Å². The van der Waals surface area contributed by atoms with Crippen LogP contribution in [0.2, 0.25) is 0 Å². The first-order valence-electron chi connectivity index (χ1n) is 11.9. The van der Waals surface area contributed by atoms with Gasteiger partial charge in [-0.1, -0.05) is 42.5 Å². The van der Waals surface area contributed by atoms with E-state index in [1.54, 1.807) is 48.5 Å². The van der Waals surface area contributed by atoms with Gasteiger partial charge in [-0.15, -0.1) is 0 Å². The Balaban J connectivity index is 0.000000445. The van der Waals surface area contributed by atoms with Gasteiger partial charge in [-0.05, 0) is 42.8 Å². The van der Waals surface area contributed by atoms with Gasteiger partial charge in [0.15, 0.2) is 0 Å². The van der Waals surface area contributed by atoms with E-state index >= 15 is 0 Å². The molecule has 1 fully saturated rings. The van der Waals surface area contributed by atoms with Crippen LogP contribution in [0.5, 0.6) is 11.6 Å². The first-order chi connectivity index (χ1) is 17.3. The highest BCUT2D eigenvalue weighted by Gasteiger charge is 2.30. The summed E-state index contributed by atoms with van der Waals surface area (Å²) >= 11 is 0. The second-order valence-electron chi connectivity index (χ2n) is 8.84. The van der Waals surface area contributed by atoms with Crippen molar-refractivity contribution in [3.8, 4) is 11.6 Å². The second kappa shape index (κ2) is 10.7. The number of fused-ring (bicyclic) bond motifs is 1. The van der Waals surface area contributed by atoms with Crippen LogP contribution in [-0.2, 0) is 14.1 Å². The van der Waals surface area contributed by atoms with Gasteiger partial charge in [0, 0.05) is 19.7 Å². The molecule has 4 aromatic rings. The average Bonchev–Trinajstić information content (AvgIpc) is 2.92. The second-order valence-corrected chi connectivity index (χ2v) is 8.84. The van der Waals surface area contributed by atoms with E-state index in [0.717, 1.165) is 9.13 Å². The molecule has 1 saturated heterocycles. The molecule has 9 heteroatoms. The number of aromatic hydroxyl groups is 1. The van der Waals surface area contributed by atoms with Crippen molar-refractivity contribution in [2.75, 3.05) is 13.1 Å². The van der Waals surface area contributed by atoms with E-state index in [1.165, 1.54) is 52.5 Å². The van der Waals surface area contributed by atoms with Crippen LogP contribution in [0, 0.1) is 0 Å². The first-order valence-corrected chi connectivity index (χ1v) is 11.9. The molecule has 3 N–H and O–H groups in total. The minimum atomic E-state index is -1.23. The summed E-state index contributed by atoms with van der Waals surface area (Å²) in [6.07, 6.45) is 4.36. The van der Waals surface area contributed by atoms with Gasteiger partial charge >= 0.3 is 11.3 Å². The molecule has 1 unspecified atom stereocenters. The molecule has 0 spiro atoms. The van der Waals surface area contributed by atoms with Crippen LogP contribution in [0.15, 0.2) is 73.4 Å². The van der Waals surface area contributed by atoms with Gasteiger partial charge in [-0.25, -0.2) is 9.59 Å². The molecule has 188 valence electrons. The van der Waals surface area contributed by atoms with Gasteiger partial charge < -0.3 is 24.5 Å². The van der Waals surface area contributed by atoms with E-state index in [4.69, 9.17) is 4.42 Å². The SMILES string of the molecule is C1CC[NH2+]CC1.Cn1c([O-])c(C(c2ccccc2)c2c(O)c3ccccc3oc2=O)c(=O)n(C)c1=O. The molecule has 2 aromatic heterocycles. The van der Waals surface area contributed by atoms with Gasteiger partial charge in [-0.2, -0.15) is 0 Å². The average molecular weight is 492 g/mol. The lowest BCUT2D eigenvalue weighted by Crippen LogP contribution is -2.85. The maximum absolute atomic E-state index is 13.0. The zero-order valence-electron chi connectivity index (χ0n) is 20.3. The van der Waals surface area contributed by atoms with E-state index in [2.05, 4.69) is 5.32 Å². The Morgan fingerprint density at radius 2 is 1.53 bits per heavy atom. The lowest BCUT2D eigenvalue weighted by Gasteiger charge is -2.25. The fourth-order valence-corrected chi connectivity index (χ4v) is 4.52. The summed E-state index contributed by atoms with van der Waals surface area (Å²) in [6.45, 7) is 2.75. The number of quaternary nitrogens is 1. The zero-order valence-corrected chi connectivity index (χ0v) is 20.3. The maximum Gasteiger partial charge on any atom is 0.344 e. The zero-order chi connectivity index (χ0) is 25.8.